The fourth-order valence-corrected chi connectivity index (χ4v) is 1.33. The highest BCUT2D eigenvalue weighted by molar-refractivity contribution is 9.10. The van der Waals surface area contributed by atoms with Gasteiger partial charge in [0.05, 0.1) is 6.07 Å². The molecule has 0 amide bonds. The first-order chi connectivity index (χ1) is 7.09. The number of halogens is 1. The summed E-state index contributed by atoms with van der Waals surface area (Å²) in [5.74, 6) is 0.203. The second kappa shape index (κ2) is 3.39. The van der Waals surface area contributed by atoms with Crippen LogP contribution in [0.25, 0.3) is 11.5 Å². The molecular weight excluding hydrogens is 270 g/mol. The lowest BCUT2D eigenvalue weighted by Gasteiger charge is -1.88. The summed E-state index contributed by atoms with van der Waals surface area (Å²) in [6, 6.07) is 2.63. The summed E-state index contributed by atoms with van der Waals surface area (Å²) in [6.07, 6.45) is 0. The number of hydrogen-bond acceptors (Lipinski definition) is 6. The topological polar surface area (TPSA) is 108 Å². The Morgan fingerprint density at radius 1 is 1.53 bits per heavy atom. The molecule has 0 aliphatic carbocycles. The molecule has 0 unspecified atom stereocenters. The number of hydrogen-bond donors (Lipinski definition) is 1. The fraction of sp³-hybridized carbons (Fsp3) is 0. The smallest absolute Gasteiger partial charge is 0.397 e. The van der Waals surface area contributed by atoms with E-state index in [1.54, 1.807) is 0 Å². The van der Waals surface area contributed by atoms with Crippen LogP contribution < -0.4 is 5.73 Å². The largest absolute Gasteiger partial charge is 0.433 e. The van der Waals surface area contributed by atoms with E-state index in [4.69, 9.17) is 14.7 Å². The van der Waals surface area contributed by atoms with Crippen LogP contribution in [0.5, 0.6) is 0 Å². The fourth-order valence-electron chi connectivity index (χ4n) is 0.992. The minimum atomic E-state index is -0.642. The van der Waals surface area contributed by atoms with Gasteiger partial charge >= 0.3 is 5.88 Å². The molecule has 2 aromatic rings. The van der Waals surface area contributed by atoms with Gasteiger partial charge in [-0.1, -0.05) is 5.16 Å². The van der Waals surface area contributed by atoms with Gasteiger partial charge < -0.3 is 14.7 Å². The van der Waals surface area contributed by atoms with Crippen LogP contribution in [0, 0.1) is 10.1 Å². The molecule has 15 heavy (non-hydrogen) atoms. The highest BCUT2D eigenvalue weighted by atomic mass is 79.9. The molecule has 0 aliphatic rings. The van der Waals surface area contributed by atoms with E-state index in [0.717, 1.165) is 0 Å². The predicted molar refractivity (Wildman–Crippen MR) is 53.0 cm³/mol. The van der Waals surface area contributed by atoms with E-state index >= 15 is 0 Å². The maximum Gasteiger partial charge on any atom is 0.433 e. The van der Waals surface area contributed by atoms with Crippen molar-refractivity contribution in [3.05, 3.63) is 26.7 Å². The summed E-state index contributed by atoms with van der Waals surface area (Å²) in [7, 11) is 0. The van der Waals surface area contributed by atoms with Crippen LogP contribution in [0.1, 0.15) is 0 Å². The molecule has 7 nitrogen and oxygen atoms in total. The van der Waals surface area contributed by atoms with Crippen molar-refractivity contribution >= 4 is 27.6 Å². The van der Waals surface area contributed by atoms with Crippen LogP contribution in [-0.2, 0) is 0 Å². The predicted octanol–water partition coefficient (Wildman–Crippen LogP) is 2.19. The molecular formula is C7H4BrN3O4. The lowest BCUT2D eigenvalue weighted by Crippen LogP contribution is -1.83. The van der Waals surface area contributed by atoms with Gasteiger partial charge in [-0.25, -0.2) is 0 Å². The zero-order valence-electron chi connectivity index (χ0n) is 7.14. The second-order valence-corrected chi connectivity index (χ2v) is 3.40. The van der Waals surface area contributed by atoms with Gasteiger partial charge in [-0.05, 0) is 22.0 Å². The third kappa shape index (κ3) is 1.59. The van der Waals surface area contributed by atoms with Gasteiger partial charge in [0, 0.05) is 0 Å². The molecule has 2 aromatic heterocycles. The van der Waals surface area contributed by atoms with Crippen LogP contribution in [0.2, 0.25) is 0 Å². The molecule has 2 heterocycles. The molecule has 0 saturated carbocycles. The van der Waals surface area contributed by atoms with Crippen molar-refractivity contribution in [2.75, 3.05) is 5.73 Å². The molecule has 2 rings (SSSR count). The first-order valence-corrected chi connectivity index (χ1v) is 4.54. The van der Waals surface area contributed by atoms with E-state index in [0.29, 0.717) is 4.47 Å². The van der Waals surface area contributed by atoms with E-state index < -0.39 is 4.92 Å². The van der Waals surface area contributed by atoms with E-state index in [-0.39, 0.29) is 23.2 Å². The average Bonchev–Trinajstić information content (AvgIpc) is 2.76. The molecule has 0 aliphatic heterocycles. The first kappa shape index (κ1) is 9.71. The van der Waals surface area contributed by atoms with Gasteiger partial charge in [-0.3, -0.25) is 10.1 Å². The lowest BCUT2D eigenvalue weighted by atomic mass is 10.3. The van der Waals surface area contributed by atoms with Crippen molar-refractivity contribution in [2.24, 2.45) is 0 Å². The number of rotatable bonds is 2. The van der Waals surface area contributed by atoms with Crippen molar-refractivity contribution in [3.63, 3.8) is 0 Å². The molecule has 8 heteroatoms. The van der Waals surface area contributed by atoms with Gasteiger partial charge in [0.1, 0.15) is 9.40 Å². The van der Waals surface area contributed by atoms with Gasteiger partial charge in [0.15, 0.2) is 11.6 Å². The molecule has 0 fully saturated rings. The summed E-state index contributed by atoms with van der Waals surface area (Å²) >= 11 is 3.12. The lowest BCUT2D eigenvalue weighted by molar-refractivity contribution is -0.401. The Balaban J connectivity index is 2.46. The molecule has 78 valence electrons. The van der Waals surface area contributed by atoms with E-state index in [2.05, 4.69) is 21.1 Å². The number of furan rings is 1. The zero-order valence-corrected chi connectivity index (χ0v) is 8.72. The normalized spacial score (nSPS) is 10.5. The van der Waals surface area contributed by atoms with E-state index in [1.807, 2.05) is 0 Å². The van der Waals surface area contributed by atoms with Crippen LogP contribution in [-0.4, -0.2) is 10.1 Å². The van der Waals surface area contributed by atoms with Crippen LogP contribution in [0.3, 0.4) is 0 Å². The Bertz CT molecular complexity index is 518. The molecule has 0 spiro atoms. The summed E-state index contributed by atoms with van der Waals surface area (Å²) in [4.78, 5) is 9.72. The molecule has 0 atom stereocenters. The third-order valence-electron chi connectivity index (χ3n) is 1.66. The van der Waals surface area contributed by atoms with Gasteiger partial charge in [0.25, 0.3) is 0 Å². The number of anilines is 1. The third-order valence-corrected chi connectivity index (χ3v) is 2.42. The van der Waals surface area contributed by atoms with Gasteiger partial charge in [0.2, 0.25) is 5.76 Å². The molecule has 0 bridgehead atoms. The van der Waals surface area contributed by atoms with Crippen LogP contribution in [0.15, 0.2) is 25.5 Å². The Kier molecular flexibility index (Phi) is 2.19. The monoisotopic (exact) mass is 273 g/mol. The van der Waals surface area contributed by atoms with Crippen molar-refractivity contribution in [2.45, 2.75) is 0 Å². The summed E-state index contributed by atoms with van der Waals surface area (Å²) in [6.45, 7) is 0. The molecule has 0 saturated heterocycles. The maximum absolute atomic E-state index is 10.4. The van der Waals surface area contributed by atoms with E-state index in [9.17, 15) is 10.1 Å². The summed E-state index contributed by atoms with van der Waals surface area (Å²) < 4.78 is 10.2. The van der Waals surface area contributed by atoms with Crippen molar-refractivity contribution < 1.29 is 13.9 Å². The standard InChI is InChI=1S/C7H4BrN3O4/c8-5-6(15-10-7(5)9)3-1-2-4(14-3)11(12)13/h1-2H,(H2,9,10). The van der Waals surface area contributed by atoms with Crippen molar-refractivity contribution in [3.8, 4) is 11.5 Å². The zero-order chi connectivity index (χ0) is 11.0. The Labute approximate surface area is 91.1 Å². The Morgan fingerprint density at radius 2 is 2.27 bits per heavy atom. The Hall–Kier alpha value is -1.83. The number of nitrogens with zero attached hydrogens (tertiary/aromatic N) is 2. The first-order valence-electron chi connectivity index (χ1n) is 3.75. The minimum Gasteiger partial charge on any atom is -0.397 e. The van der Waals surface area contributed by atoms with Crippen LogP contribution >= 0.6 is 15.9 Å². The van der Waals surface area contributed by atoms with Crippen molar-refractivity contribution in [1.82, 2.24) is 5.16 Å². The quantitative estimate of drug-likeness (QED) is 0.664. The molecule has 2 N–H and O–H groups in total. The number of nitrogens with two attached hydrogens (primary N) is 1. The molecule has 0 aromatic carbocycles. The highest BCUT2D eigenvalue weighted by Crippen LogP contribution is 2.34. The summed E-state index contributed by atoms with van der Waals surface area (Å²) in [5, 5.41) is 13.8. The average molecular weight is 274 g/mol. The highest BCUT2D eigenvalue weighted by Gasteiger charge is 2.20. The van der Waals surface area contributed by atoms with Gasteiger partial charge in [-0.2, -0.15) is 0 Å². The number of aromatic nitrogens is 1. The number of nitrogen functional groups attached to an aromatic ring is 1. The second-order valence-electron chi connectivity index (χ2n) is 2.61. The SMILES string of the molecule is Nc1noc(-c2ccc([N+](=O)[O-])o2)c1Br. The van der Waals surface area contributed by atoms with Gasteiger partial charge in [-0.15, -0.1) is 0 Å². The van der Waals surface area contributed by atoms with E-state index in [1.165, 1.54) is 12.1 Å². The Morgan fingerprint density at radius 3 is 2.73 bits per heavy atom. The van der Waals surface area contributed by atoms with Crippen LogP contribution in [0.4, 0.5) is 11.7 Å². The molecule has 0 radical (unpaired) electrons. The number of nitro groups is 1. The maximum atomic E-state index is 10.4. The van der Waals surface area contributed by atoms with Crippen molar-refractivity contribution in [1.29, 1.82) is 0 Å². The summed E-state index contributed by atoms with van der Waals surface area (Å²) in [5.41, 5.74) is 5.42. The minimum absolute atomic E-state index is 0.157.